The lowest BCUT2D eigenvalue weighted by Gasteiger charge is -2.16. The van der Waals surface area contributed by atoms with Gasteiger partial charge in [-0.2, -0.15) is 0 Å². The Balaban J connectivity index is 2.21. The van der Waals surface area contributed by atoms with E-state index in [1.807, 2.05) is 55.5 Å². The number of para-hydroxylation sites is 2. The molecule has 1 aromatic heterocycles. The van der Waals surface area contributed by atoms with Crippen LogP contribution in [0.25, 0.3) is 10.9 Å². The van der Waals surface area contributed by atoms with Crippen LogP contribution in [0, 0.1) is 6.92 Å². The smallest absolute Gasteiger partial charge is 0.0752 e. The minimum Gasteiger partial charge on any atom is -0.545 e. The number of aromatic carboxylic acids is 1. The van der Waals surface area contributed by atoms with Crippen LogP contribution < -0.4 is 10.4 Å². The van der Waals surface area contributed by atoms with E-state index in [1.165, 1.54) is 6.20 Å². The normalized spacial score (nSPS) is 10.5. The van der Waals surface area contributed by atoms with Crippen LogP contribution in [0.3, 0.4) is 0 Å². The molecule has 0 aliphatic heterocycles. The van der Waals surface area contributed by atoms with E-state index in [2.05, 4.69) is 10.3 Å². The van der Waals surface area contributed by atoms with Crippen molar-refractivity contribution in [3.8, 4) is 0 Å². The fourth-order valence-corrected chi connectivity index (χ4v) is 2.28. The van der Waals surface area contributed by atoms with Crippen LogP contribution in [0.15, 0.2) is 54.7 Å². The van der Waals surface area contributed by atoms with Crippen molar-refractivity contribution in [3.63, 3.8) is 0 Å². The van der Waals surface area contributed by atoms with Crippen molar-refractivity contribution in [2.75, 3.05) is 5.32 Å². The summed E-state index contributed by atoms with van der Waals surface area (Å²) in [6, 6.07) is 15.1. The molecule has 1 heterocycles. The van der Waals surface area contributed by atoms with Crippen LogP contribution in [-0.4, -0.2) is 11.0 Å². The van der Waals surface area contributed by atoms with Gasteiger partial charge in [-0.1, -0.05) is 36.4 Å². The van der Waals surface area contributed by atoms with Gasteiger partial charge in [0, 0.05) is 22.8 Å². The maximum atomic E-state index is 11.3. The highest BCUT2D eigenvalue weighted by Gasteiger charge is 2.10. The molecular weight excluding hydrogens is 264 g/mol. The molecule has 4 heteroatoms. The molecule has 104 valence electrons. The van der Waals surface area contributed by atoms with E-state index in [-0.39, 0.29) is 5.56 Å². The van der Waals surface area contributed by atoms with Crippen LogP contribution in [0.2, 0.25) is 0 Å². The summed E-state index contributed by atoms with van der Waals surface area (Å²) in [5.41, 5.74) is 3.18. The molecule has 1 N–H and O–H groups in total. The number of nitrogens with one attached hydrogen (secondary N) is 1. The number of hydrogen-bond acceptors (Lipinski definition) is 4. The van der Waals surface area contributed by atoms with Crippen LogP contribution in [-0.2, 0) is 0 Å². The third-order valence-corrected chi connectivity index (χ3v) is 3.40. The molecule has 2 aromatic carbocycles. The molecule has 0 amide bonds. The molecule has 4 nitrogen and oxygen atoms in total. The average molecular weight is 277 g/mol. The van der Waals surface area contributed by atoms with Crippen molar-refractivity contribution in [2.45, 2.75) is 6.92 Å². The monoisotopic (exact) mass is 277 g/mol. The topological polar surface area (TPSA) is 65.0 Å². The predicted octanol–water partition coefficient (Wildman–Crippen LogP) is 2.65. The highest BCUT2D eigenvalue weighted by molar-refractivity contribution is 6.04. The molecule has 3 rings (SSSR count). The number of rotatable bonds is 3. The average Bonchev–Trinajstić information content (AvgIpc) is 2.49. The SMILES string of the molecule is Cc1ccccc1Nc1c(C(=O)[O-])cnc2ccccc12. The van der Waals surface area contributed by atoms with Crippen molar-refractivity contribution < 1.29 is 9.90 Å². The number of carbonyl (C=O) groups excluding carboxylic acids is 1. The van der Waals surface area contributed by atoms with E-state index in [4.69, 9.17) is 0 Å². The molecular formula is C17H13N2O2-. The molecule has 0 aliphatic carbocycles. The number of nitrogens with zero attached hydrogens (tertiary/aromatic N) is 1. The second-order valence-electron chi connectivity index (χ2n) is 4.79. The molecule has 0 bridgehead atoms. The van der Waals surface area contributed by atoms with Gasteiger partial charge in [0.25, 0.3) is 0 Å². The Morgan fingerprint density at radius 2 is 1.81 bits per heavy atom. The van der Waals surface area contributed by atoms with Crippen LogP contribution in [0.5, 0.6) is 0 Å². The lowest BCUT2D eigenvalue weighted by atomic mass is 10.1. The number of anilines is 2. The maximum Gasteiger partial charge on any atom is 0.0752 e. The van der Waals surface area contributed by atoms with E-state index in [0.29, 0.717) is 5.69 Å². The number of benzene rings is 2. The van der Waals surface area contributed by atoms with Gasteiger partial charge in [0.2, 0.25) is 0 Å². The second kappa shape index (κ2) is 5.25. The van der Waals surface area contributed by atoms with Gasteiger partial charge in [-0.15, -0.1) is 0 Å². The fraction of sp³-hybridized carbons (Fsp3) is 0.0588. The summed E-state index contributed by atoms with van der Waals surface area (Å²) in [5, 5.41) is 15.3. The van der Waals surface area contributed by atoms with Gasteiger partial charge in [-0.05, 0) is 24.6 Å². The summed E-state index contributed by atoms with van der Waals surface area (Å²) >= 11 is 0. The molecule has 0 saturated heterocycles. The summed E-state index contributed by atoms with van der Waals surface area (Å²) in [4.78, 5) is 15.5. The lowest BCUT2D eigenvalue weighted by molar-refractivity contribution is -0.254. The van der Waals surface area contributed by atoms with Gasteiger partial charge in [-0.3, -0.25) is 4.98 Å². The molecule has 0 aliphatic rings. The van der Waals surface area contributed by atoms with Crippen molar-refractivity contribution in [2.24, 2.45) is 0 Å². The zero-order valence-corrected chi connectivity index (χ0v) is 11.5. The maximum absolute atomic E-state index is 11.3. The number of fused-ring (bicyclic) bond motifs is 1. The number of carboxylic acid groups (broad SMARTS) is 1. The van der Waals surface area contributed by atoms with Crippen molar-refractivity contribution in [3.05, 3.63) is 65.9 Å². The van der Waals surface area contributed by atoms with E-state index < -0.39 is 5.97 Å². The Kier molecular flexibility index (Phi) is 3.28. The number of hydrogen-bond donors (Lipinski definition) is 1. The Morgan fingerprint density at radius 1 is 1.10 bits per heavy atom. The molecule has 0 spiro atoms. The molecule has 0 saturated carbocycles. The number of carboxylic acids is 1. The van der Waals surface area contributed by atoms with Crippen molar-refractivity contribution in [1.29, 1.82) is 0 Å². The number of aromatic nitrogens is 1. The van der Waals surface area contributed by atoms with Gasteiger partial charge >= 0.3 is 0 Å². The Morgan fingerprint density at radius 3 is 2.57 bits per heavy atom. The first-order chi connectivity index (χ1) is 10.2. The quantitative estimate of drug-likeness (QED) is 0.799. The molecule has 0 fully saturated rings. The van der Waals surface area contributed by atoms with E-state index in [9.17, 15) is 9.90 Å². The zero-order chi connectivity index (χ0) is 14.8. The Hall–Kier alpha value is -2.88. The fourth-order valence-electron chi connectivity index (χ4n) is 2.28. The summed E-state index contributed by atoms with van der Waals surface area (Å²) < 4.78 is 0. The second-order valence-corrected chi connectivity index (χ2v) is 4.79. The zero-order valence-electron chi connectivity index (χ0n) is 11.5. The van der Waals surface area contributed by atoms with Gasteiger partial charge in [0.1, 0.15) is 0 Å². The first kappa shape index (κ1) is 13.1. The van der Waals surface area contributed by atoms with Gasteiger partial charge in [0.05, 0.1) is 17.2 Å². The first-order valence-corrected chi connectivity index (χ1v) is 6.58. The largest absolute Gasteiger partial charge is 0.545 e. The van der Waals surface area contributed by atoms with Crippen LogP contribution in [0.4, 0.5) is 11.4 Å². The summed E-state index contributed by atoms with van der Waals surface area (Å²) in [5.74, 6) is -1.25. The van der Waals surface area contributed by atoms with E-state index >= 15 is 0 Å². The number of carbonyl (C=O) groups is 1. The molecule has 0 atom stereocenters. The summed E-state index contributed by atoms with van der Waals surface area (Å²) in [6.45, 7) is 1.96. The standard InChI is InChI=1S/C17H14N2O2/c1-11-6-2-4-8-14(11)19-16-12-7-3-5-9-15(12)18-10-13(16)17(20)21/h2-10H,1H3,(H,18,19)(H,20,21)/p-1. The Bertz CT molecular complexity index is 828. The summed E-state index contributed by atoms with van der Waals surface area (Å²) in [6.07, 6.45) is 1.33. The van der Waals surface area contributed by atoms with Crippen molar-refractivity contribution in [1.82, 2.24) is 4.98 Å². The minimum atomic E-state index is -1.25. The van der Waals surface area contributed by atoms with Gasteiger partial charge in [-0.25, -0.2) is 0 Å². The van der Waals surface area contributed by atoms with Crippen molar-refractivity contribution >= 4 is 28.2 Å². The minimum absolute atomic E-state index is 0.0527. The molecule has 0 unspecified atom stereocenters. The Labute approximate surface area is 122 Å². The van der Waals surface area contributed by atoms with E-state index in [1.54, 1.807) is 0 Å². The number of pyridine rings is 1. The van der Waals surface area contributed by atoms with Gasteiger partial charge < -0.3 is 15.2 Å². The lowest BCUT2D eigenvalue weighted by Crippen LogP contribution is -2.23. The third-order valence-electron chi connectivity index (χ3n) is 3.40. The highest BCUT2D eigenvalue weighted by atomic mass is 16.4. The number of aryl methyl sites for hydroxylation is 1. The van der Waals surface area contributed by atoms with Crippen LogP contribution in [0.1, 0.15) is 15.9 Å². The predicted molar refractivity (Wildman–Crippen MR) is 80.5 cm³/mol. The first-order valence-electron chi connectivity index (χ1n) is 6.58. The van der Waals surface area contributed by atoms with Gasteiger partial charge in [0.15, 0.2) is 0 Å². The van der Waals surface area contributed by atoms with E-state index in [0.717, 1.165) is 22.2 Å². The molecule has 0 radical (unpaired) electrons. The van der Waals surface area contributed by atoms with Crippen LogP contribution >= 0.6 is 0 Å². The summed E-state index contributed by atoms with van der Waals surface area (Å²) in [7, 11) is 0. The molecule has 21 heavy (non-hydrogen) atoms. The third kappa shape index (κ3) is 2.43. The molecule has 3 aromatic rings. The highest BCUT2D eigenvalue weighted by Crippen LogP contribution is 2.29.